The van der Waals surface area contributed by atoms with Crippen LogP contribution in [0.3, 0.4) is 0 Å². The van der Waals surface area contributed by atoms with Crippen molar-refractivity contribution in [2.24, 2.45) is 0 Å². The van der Waals surface area contributed by atoms with Crippen molar-refractivity contribution in [1.29, 1.82) is 0 Å². The number of hydrogen-bond acceptors (Lipinski definition) is 5. The van der Waals surface area contributed by atoms with E-state index in [-0.39, 0.29) is 17.9 Å². The molecule has 3 heterocycles. The largest absolute Gasteiger partial charge is 0.507 e. The number of nitrogens with zero attached hydrogens (tertiary/aromatic N) is 1. The van der Waals surface area contributed by atoms with Gasteiger partial charge in [-0.15, -0.1) is 11.3 Å². The van der Waals surface area contributed by atoms with E-state index in [1.807, 2.05) is 66.0 Å². The Morgan fingerprint density at radius 2 is 1.88 bits per heavy atom. The zero-order valence-electron chi connectivity index (χ0n) is 17.2. The fraction of sp³-hybridized carbons (Fsp3) is 0.120. The second kappa shape index (κ2) is 8.01. The summed E-state index contributed by atoms with van der Waals surface area (Å²) in [6.45, 7) is 0.182. The Bertz CT molecular complexity index is 1350. The van der Waals surface area contributed by atoms with Gasteiger partial charge in [0.1, 0.15) is 11.5 Å². The molecule has 2 N–H and O–H groups in total. The van der Waals surface area contributed by atoms with Crippen LogP contribution in [0.2, 0.25) is 0 Å². The van der Waals surface area contributed by atoms with Crippen molar-refractivity contribution in [1.82, 2.24) is 9.88 Å². The standard InChI is InChI=1S/C25H20N2O4S/c1-31-19-10-5-2-7-15(19)14-27-22(20-11-6-12-32-20)21(24(29)25(27)30)23(28)17-13-26-18-9-4-3-8-16(17)18/h2-13,22,26,28H,14H2,1H3/b23-21-. The average Bonchev–Trinajstić information content (AvgIpc) is 3.54. The van der Waals surface area contributed by atoms with E-state index in [0.29, 0.717) is 11.3 Å². The molecular weight excluding hydrogens is 424 g/mol. The molecule has 160 valence electrons. The first-order chi connectivity index (χ1) is 15.6. The predicted octanol–water partition coefficient (Wildman–Crippen LogP) is 4.86. The monoisotopic (exact) mass is 444 g/mol. The lowest BCUT2D eigenvalue weighted by molar-refractivity contribution is -0.140. The van der Waals surface area contributed by atoms with Crippen LogP contribution in [0.4, 0.5) is 0 Å². The van der Waals surface area contributed by atoms with Crippen LogP contribution in [0.1, 0.15) is 22.0 Å². The number of carbonyl (C=O) groups is 2. The number of aliphatic hydroxyl groups excluding tert-OH is 1. The molecule has 1 saturated heterocycles. The molecule has 0 saturated carbocycles. The fourth-order valence-electron chi connectivity index (χ4n) is 4.22. The molecule has 2 aromatic carbocycles. The van der Waals surface area contributed by atoms with Crippen LogP contribution in [0.5, 0.6) is 5.75 Å². The minimum atomic E-state index is -0.693. The van der Waals surface area contributed by atoms with E-state index in [1.165, 1.54) is 16.2 Å². The van der Waals surface area contributed by atoms with E-state index >= 15 is 0 Å². The minimum Gasteiger partial charge on any atom is -0.507 e. The number of benzene rings is 2. The summed E-state index contributed by atoms with van der Waals surface area (Å²) in [7, 11) is 1.57. The lowest BCUT2D eigenvalue weighted by Gasteiger charge is -2.24. The first kappa shape index (κ1) is 20.1. The third-order valence-corrected chi connectivity index (χ3v) is 6.65. The predicted molar refractivity (Wildman–Crippen MR) is 123 cm³/mol. The molecule has 32 heavy (non-hydrogen) atoms. The van der Waals surface area contributed by atoms with Gasteiger partial charge in [-0.05, 0) is 23.6 Å². The maximum atomic E-state index is 13.2. The Morgan fingerprint density at radius 1 is 1.09 bits per heavy atom. The number of hydrogen-bond donors (Lipinski definition) is 2. The van der Waals surface area contributed by atoms with Gasteiger partial charge in [0.25, 0.3) is 11.7 Å². The van der Waals surface area contributed by atoms with Crippen molar-refractivity contribution in [3.8, 4) is 5.75 Å². The van der Waals surface area contributed by atoms with E-state index in [9.17, 15) is 14.7 Å². The zero-order valence-corrected chi connectivity index (χ0v) is 18.1. The maximum absolute atomic E-state index is 13.2. The van der Waals surface area contributed by atoms with Crippen LogP contribution in [-0.4, -0.2) is 33.8 Å². The van der Waals surface area contributed by atoms with Crippen LogP contribution < -0.4 is 4.74 Å². The van der Waals surface area contributed by atoms with E-state index < -0.39 is 17.7 Å². The average molecular weight is 445 g/mol. The number of nitrogens with one attached hydrogen (secondary N) is 1. The van der Waals surface area contributed by atoms with Gasteiger partial charge in [0, 0.05) is 33.1 Å². The Morgan fingerprint density at radius 3 is 2.66 bits per heavy atom. The Balaban J connectivity index is 1.66. The molecule has 0 aliphatic carbocycles. The number of Topliss-reactive ketones (excluding diaryl/α,β-unsaturated/α-hetero) is 1. The third-order valence-electron chi connectivity index (χ3n) is 5.73. The molecule has 1 aliphatic rings. The molecular formula is C25H20N2O4S. The number of H-pyrrole nitrogens is 1. The van der Waals surface area contributed by atoms with E-state index in [4.69, 9.17) is 4.74 Å². The lowest BCUT2D eigenvalue weighted by Crippen LogP contribution is -2.29. The molecule has 6 nitrogen and oxygen atoms in total. The number of rotatable bonds is 5. The maximum Gasteiger partial charge on any atom is 0.295 e. The van der Waals surface area contributed by atoms with E-state index in [2.05, 4.69) is 4.98 Å². The number of carbonyl (C=O) groups excluding carboxylic acids is 2. The molecule has 7 heteroatoms. The number of aromatic nitrogens is 1. The molecule has 0 bridgehead atoms. The van der Waals surface area contributed by atoms with Gasteiger partial charge in [-0.3, -0.25) is 9.59 Å². The zero-order chi connectivity index (χ0) is 22.2. The fourth-order valence-corrected chi connectivity index (χ4v) is 5.06. The third kappa shape index (κ3) is 3.18. The van der Waals surface area contributed by atoms with Crippen molar-refractivity contribution >= 4 is 39.7 Å². The van der Waals surface area contributed by atoms with Crippen LogP contribution in [0.15, 0.2) is 77.8 Å². The van der Waals surface area contributed by atoms with Gasteiger partial charge in [0.05, 0.1) is 25.3 Å². The second-order valence-electron chi connectivity index (χ2n) is 7.50. The van der Waals surface area contributed by atoms with Gasteiger partial charge < -0.3 is 19.7 Å². The summed E-state index contributed by atoms with van der Waals surface area (Å²) in [6.07, 6.45) is 1.67. The van der Waals surface area contributed by atoms with Gasteiger partial charge in [-0.25, -0.2) is 0 Å². The number of ketones is 1. The van der Waals surface area contributed by atoms with Crippen LogP contribution >= 0.6 is 11.3 Å². The van der Waals surface area contributed by atoms with Crippen molar-refractivity contribution in [2.75, 3.05) is 7.11 Å². The van der Waals surface area contributed by atoms with Gasteiger partial charge in [0.2, 0.25) is 0 Å². The molecule has 2 aromatic heterocycles. The van der Waals surface area contributed by atoms with Crippen molar-refractivity contribution in [3.63, 3.8) is 0 Å². The highest BCUT2D eigenvalue weighted by molar-refractivity contribution is 7.10. The topological polar surface area (TPSA) is 82.6 Å². The second-order valence-corrected chi connectivity index (χ2v) is 8.48. The molecule has 1 atom stereocenters. The van der Waals surface area contributed by atoms with E-state index in [0.717, 1.165) is 21.3 Å². The first-order valence-corrected chi connectivity index (χ1v) is 11.0. The summed E-state index contributed by atoms with van der Waals surface area (Å²) in [5, 5.41) is 14.0. The summed E-state index contributed by atoms with van der Waals surface area (Å²) in [6, 6.07) is 18.0. The summed E-state index contributed by atoms with van der Waals surface area (Å²) >= 11 is 1.44. The van der Waals surface area contributed by atoms with Gasteiger partial charge in [0.15, 0.2) is 0 Å². The van der Waals surface area contributed by atoms with Gasteiger partial charge in [-0.2, -0.15) is 0 Å². The minimum absolute atomic E-state index is 0.0945. The number of ether oxygens (including phenoxy) is 1. The Kier molecular flexibility index (Phi) is 5.03. The number of aliphatic hydroxyl groups is 1. The van der Waals surface area contributed by atoms with Crippen molar-refractivity contribution in [3.05, 3.63) is 93.8 Å². The normalized spacial score (nSPS) is 17.9. The summed E-state index contributed by atoms with van der Waals surface area (Å²) < 4.78 is 5.44. The summed E-state index contributed by atoms with van der Waals surface area (Å²) in [5.41, 5.74) is 2.21. The van der Waals surface area contributed by atoms with Crippen molar-refractivity contribution in [2.45, 2.75) is 12.6 Å². The molecule has 1 amide bonds. The summed E-state index contributed by atoms with van der Waals surface area (Å²) in [5.74, 6) is -0.880. The number of methoxy groups -OCH3 is 1. The Labute approximate surface area is 188 Å². The highest BCUT2D eigenvalue weighted by Crippen LogP contribution is 2.43. The first-order valence-electron chi connectivity index (χ1n) is 10.1. The molecule has 0 radical (unpaired) electrons. The molecule has 4 aromatic rings. The summed E-state index contributed by atoms with van der Waals surface area (Å²) in [4.78, 5) is 31.8. The smallest absolute Gasteiger partial charge is 0.295 e. The SMILES string of the molecule is COc1ccccc1CN1C(=O)C(=O)/C(=C(\O)c2c[nH]c3ccccc23)C1c1cccs1. The number of amides is 1. The van der Waals surface area contributed by atoms with Gasteiger partial charge >= 0.3 is 0 Å². The molecule has 1 fully saturated rings. The quantitative estimate of drug-likeness (QED) is 0.262. The number of para-hydroxylation sites is 2. The molecule has 0 spiro atoms. The van der Waals surface area contributed by atoms with Crippen LogP contribution in [-0.2, 0) is 16.1 Å². The van der Waals surface area contributed by atoms with E-state index in [1.54, 1.807) is 13.3 Å². The lowest BCUT2D eigenvalue weighted by atomic mass is 9.99. The molecule has 5 rings (SSSR count). The number of aromatic amines is 1. The molecule has 1 unspecified atom stereocenters. The Hall–Kier alpha value is -3.84. The highest BCUT2D eigenvalue weighted by atomic mass is 32.1. The van der Waals surface area contributed by atoms with Gasteiger partial charge in [-0.1, -0.05) is 42.5 Å². The van der Waals surface area contributed by atoms with Crippen LogP contribution in [0.25, 0.3) is 16.7 Å². The number of thiophene rings is 1. The number of fused-ring (bicyclic) bond motifs is 1. The highest BCUT2D eigenvalue weighted by Gasteiger charge is 2.46. The number of likely N-dealkylation sites (tertiary alicyclic amines) is 1. The van der Waals surface area contributed by atoms with Crippen molar-refractivity contribution < 1.29 is 19.4 Å². The van der Waals surface area contributed by atoms with Crippen LogP contribution in [0, 0.1) is 0 Å². The molecule has 1 aliphatic heterocycles.